The lowest BCUT2D eigenvalue weighted by atomic mass is 10.3. The topological polar surface area (TPSA) is 26.9 Å². The van der Waals surface area contributed by atoms with Gasteiger partial charge in [0.25, 0.3) is 0 Å². The molecule has 16 heavy (non-hydrogen) atoms. The molecule has 0 unspecified atom stereocenters. The third kappa shape index (κ3) is 1.53. The summed E-state index contributed by atoms with van der Waals surface area (Å²) in [6.07, 6.45) is 5.82. The molecule has 0 N–H and O–H groups in total. The maximum Gasteiger partial charge on any atom is 0.329 e. The summed E-state index contributed by atoms with van der Waals surface area (Å²) in [5, 5.41) is 0. The molecule has 1 heterocycles. The lowest BCUT2D eigenvalue weighted by Crippen LogP contribution is -2.23. The van der Waals surface area contributed by atoms with Crippen LogP contribution in [0.2, 0.25) is 0 Å². The van der Waals surface area contributed by atoms with Crippen molar-refractivity contribution in [2.75, 3.05) is 0 Å². The van der Waals surface area contributed by atoms with Gasteiger partial charge in [-0.2, -0.15) is 0 Å². The van der Waals surface area contributed by atoms with Crippen molar-refractivity contribution in [3.8, 4) is 12.3 Å². The Bertz CT molecular complexity index is 598. The predicted molar refractivity (Wildman–Crippen MR) is 65.3 cm³/mol. The molecule has 2 rings (SSSR count). The number of rotatable bonds is 3. The summed E-state index contributed by atoms with van der Waals surface area (Å²) in [6.45, 7) is 3.24. The Morgan fingerprint density at radius 2 is 1.88 bits per heavy atom. The van der Waals surface area contributed by atoms with Crippen molar-refractivity contribution >= 4 is 11.0 Å². The molecule has 3 heteroatoms. The molecule has 0 atom stereocenters. The molecule has 0 aliphatic rings. The van der Waals surface area contributed by atoms with Crippen molar-refractivity contribution in [2.24, 2.45) is 0 Å². The molecule has 0 saturated carbocycles. The SMILES string of the molecule is C#CCCn1c(=O)n(CC)c2ccccc21. The van der Waals surface area contributed by atoms with E-state index in [0.29, 0.717) is 19.5 Å². The van der Waals surface area contributed by atoms with Gasteiger partial charge in [0.2, 0.25) is 0 Å². The summed E-state index contributed by atoms with van der Waals surface area (Å²) >= 11 is 0. The summed E-state index contributed by atoms with van der Waals surface area (Å²) in [5.74, 6) is 2.57. The van der Waals surface area contributed by atoms with E-state index in [0.717, 1.165) is 11.0 Å². The van der Waals surface area contributed by atoms with E-state index in [2.05, 4.69) is 5.92 Å². The van der Waals surface area contributed by atoms with Crippen molar-refractivity contribution in [2.45, 2.75) is 26.4 Å². The maximum atomic E-state index is 12.1. The molecule has 1 aromatic heterocycles. The lowest BCUT2D eigenvalue weighted by Gasteiger charge is -1.98. The first-order valence-electron chi connectivity index (χ1n) is 5.41. The molecule has 82 valence electrons. The summed E-state index contributed by atoms with van der Waals surface area (Å²) in [4.78, 5) is 12.1. The highest BCUT2D eigenvalue weighted by Gasteiger charge is 2.10. The number of fused-ring (bicyclic) bond motifs is 1. The minimum Gasteiger partial charge on any atom is -0.292 e. The minimum absolute atomic E-state index is 0.0268. The van der Waals surface area contributed by atoms with Crippen LogP contribution in [0.3, 0.4) is 0 Å². The summed E-state index contributed by atoms with van der Waals surface area (Å²) in [5.41, 5.74) is 1.97. The fraction of sp³-hybridized carbons (Fsp3) is 0.308. The first kappa shape index (κ1) is 10.6. The Balaban J connectivity index is 2.68. The molecule has 0 saturated heterocycles. The van der Waals surface area contributed by atoms with Gasteiger partial charge in [0.1, 0.15) is 0 Å². The highest BCUT2D eigenvalue weighted by molar-refractivity contribution is 5.75. The van der Waals surface area contributed by atoms with Crippen LogP contribution in [0.1, 0.15) is 13.3 Å². The number of imidazole rings is 1. The molecule has 1 aromatic carbocycles. The van der Waals surface area contributed by atoms with E-state index in [-0.39, 0.29) is 5.69 Å². The lowest BCUT2D eigenvalue weighted by molar-refractivity contribution is 0.652. The number of hydrogen-bond acceptors (Lipinski definition) is 1. The van der Waals surface area contributed by atoms with Gasteiger partial charge < -0.3 is 0 Å². The fourth-order valence-electron chi connectivity index (χ4n) is 1.97. The Labute approximate surface area is 94.3 Å². The standard InChI is InChI=1S/C13H14N2O/c1-3-5-10-15-12-9-7-6-8-11(12)14(4-2)13(15)16/h1,6-9H,4-5,10H2,2H3. The molecule has 0 spiro atoms. The Kier molecular flexibility index (Phi) is 2.82. The van der Waals surface area contributed by atoms with Crippen LogP contribution in [0.25, 0.3) is 11.0 Å². The summed E-state index contributed by atoms with van der Waals surface area (Å²) in [6, 6.07) is 7.81. The first-order chi connectivity index (χ1) is 7.79. The van der Waals surface area contributed by atoms with E-state index in [9.17, 15) is 4.79 Å². The largest absolute Gasteiger partial charge is 0.329 e. The maximum absolute atomic E-state index is 12.1. The molecule has 0 amide bonds. The summed E-state index contributed by atoms with van der Waals surface area (Å²) < 4.78 is 3.52. The van der Waals surface area contributed by atoms with Gasteiger partial charge in [0.15, 0.2) is 0 Å². The van der Waals surface area contributed by atoms with Crippen molar-refractivity contribution in [3.05, 3.63) is 34.7 Å². The van der Waals surface area contributed by atoms with Crippen LogP contribution in [-0.2, 0) is 13.1 Å². The second-order valence-electron chi connectivity index (χ2n) is 3.62. The predicted octanol–water partition coefficient (Wildman–Crippen LogP) is 1.85. The van der Waals surface area contributed by atoms with Gasteiger partial charge in [0, 0.05) is 19.5 Å². The van der Waals surface area contributed by atoms with Gasteiger partial charge in [-0.1, -0.05) is 12.1 Å². The van der Waals surface area contributed by atoms with Gasteiger partial charge >= 0.3 is 5.69 Å². The molecular formula is C13H14N2O. The fourth-order valence-corrected chi connectivity index (χ4v) is 1.97. The van der Waals surface area contributed by atoms with Gasteiger partial charge in [-0.25, -0.2) is 4.79 Å². The molecule has 0 bridgehead atoms. The normalized spacial score (nSPS) is 10.5. The number of para-hydroxylation sites is 2. The van der Waals surface area contributed by atoms with Gasteiger partial charge in [-0.15, -0.1) is 12.3 Å². The van der Waals surface area contributed by atoms with Crippen molar-refractivity contribution in [3.63, 3.8) is 0 Å². The van der Waals surface area contributed by atoms with Crippen LogP contribution >= 0.6 is 0 Å². The molecular weight excluding hydrogens is 200 g/mol. The second kappa shape index (κ2) is 4.28. The van der Waals surface area contributed by atoms with E-state index in [1.807, 2.05) is 31.2 Å². The number of aromatic nitrogens is 2. The van der Waals surface area contributed by atoms with Crippen LogP contribution < -0.4 is 5.69 Å². The molecule has 0 aliphatic heterocycles. The Morgan fingerprint density at radius 3 is 2.44 bits per heavy atom. The zero-order chi connectivity index (χ0) is 11.5. The summed E-state index contributed by atoms with van der Waals surface area (Å²) in [7, 11) is 0. The average Bonchev–Trinajstić information content (AvgIpc) is 2.58. The van der Waals surface area contributed by atoms with Crippen molar-refractivity contribution < 1.29 is 0 Å². The van der Waals surface area contributed by atoms with Crippen LogP contribution in [0, 0.1) is 12.3 Å². The van der Waals surface area contributed by atoms with E-state index in [1.165, 1.54) is 0 Å². The van der Waals surface area contributed by atoms with E-state index in [1.54, 1.807) is 9.13 Å². The van der Waals surface area contributed by atoms with Gasteiger partial charge in [0.05, 0.1) is 11.0 Å². The number of benzene rings is 1. The molecule has 0 aliphatic carbocycles. The van der Waals surface area contributed by atoms with Crippen LogP contribution in [0.4, 0.5) is 0 Å². The van der Waals surface area contributed by atoms with Crippen molar-refractivity contribution in [1.82, 2.24) is 9.13 Å². The van der Waals surface area contributed by atoms with Crippen molar-refractivity contribution in [1.29, 1.82) is 0 Å². The Morgan fingerprint density at radius 1 is 1.25 bits per heavy atom. The highest BCUT2D eigenvalue weighted by Crippen LogP contribution is 2.12. The minimum atomic E-state index is 0.0268. The zero-order valence-electron chi connectivity index (χ0n) is 9.31. The van der Waals surface area contributed by atoms with Crippen LogP contribution in [0.5, 0.6) is 0 Å². The van der Waals surface area contributed by atoms with E-state index in [4.69, 9.17) is 6.42 Å². The number of nitrogens with zero attached hydrogens (tertiary/aromatic N) is 2. The molecule has 3 nitrogen and oxygen atoms in total. The quantitative estimate of drug-likeness (QED) is 0.716. The Hall–Kier alpha value is -1.95. The molecule has 0 radical (unpaired) electrons. The number of terminal acetylenes is 1. The molecule has 0 fully saturated rings. The highest BCUT2D eigenvalue weighted by atomic mass is 16.1. The van der Waals surface area contributed by atoms with Crippen LogP contribution in [-0.4, -0.2) is 9.13 Å². The number of hydrogen-bond donors (Lipinski definition) is 0. The van der Waals surface area contributed by atoms with Gasteiger partial charge in [-0.3, -0.25) is 9.13 Å². The van der Waals surface area contributed by atoms with Crippen LogP contribution in [0.15, 0.2) is 29.1 Å². The zero-order valence-corrected chi connectivity index (χ0v) is 9.31. The third-order valence-corrected chi connectivity index (χ3v) is 2.72. The average molecular weight is 214 g/mol. The number of aryl methyl sites for hydroxylation is 2. The van der Waals surface area contributed by atoms with E-state index < -0.39 is 0 Å². The first-order valence-corrected chi connectivity index (χ1v) is 5.41. The third-order valence-electron chi connectivity index (χ3n) is 2.72. The van der Waals surface area contributed by atoms with E-state index >= 15 is 0 Å². The monoisotopic (exact) mass is 214 g/mol. The molecule has 2 aromatic rings. The second-order valence-corrected chi connectivity index (χ2v) is 3.62. The smallest absolute Gasteiger partial charge is 0.292 e. The van der Waals surface area contributed by atoms with Gasteiger partial charge in [-0.05, 0) is 19.1 Å².